The first-order valence-electron chi connectivity index (χ1n) is 9.34. The van der Waals surface area contributed by atoms with Crippen molar-refractivity contribution in [1.29, 1.82) is 0 Å². The maximum Gasteiger partial charge on any atom is 0.0435 e. The van der Waals surface area contributed by atoms with Gasteiger partial charge in [-0.2, -0.15) is 0 Å². The molecule has 1 nitrogen and oxygen atoms in total. The number of nitrogens with two attached hydrogens (primary N) is 1. The SMILES string of the molecule is CC1(c2cccc(-c3ccc(N)cc3)c2)c2ccccc2-c2ccccc21. The van der Waals surface area contributed by atoms with Crippen LogP contribution >= 0.6 is 0 Å². The van der Waals surface area contributed by atoms with Crippen LogP contribution in [-0.2, 0) is 5.41 Å². The first-order chi connectivity index (χ1) is 13.2. The molecule has 0 saturated carbocycles. The lowest BCUT2D eigenvalue weighted by Gasteiger charge is -2.28. The Morgan fingerprint density at radius 3 is 1.81 bits per heavy atom. The molecule has 1 aliphatic rings. The topological polar surface area (TPSA) is 26.0 Å². The minimum absolute atomic E-state index is 0.156. The van der Waals surface area contributed by atoms with Gasteiger partial charge in [-0.1, -0.05) is 78.9 Å². The zero-order chi connectivity index (χ0) is 18.4. The largest absolute Gasteiger partial charge is 0.399 e. The van der Waals surface area contributed by atoms with Gasteiger partial charge in [0, 0.05) is 11.1 Å². The Morgan fingerprint density at radius 2 is 1.19 bits per heavy atom. The van der Waals surface area contributed by atoms with Gasteiger partial charge in [0.05, 0.1) is 0 Å². The number of nitrogen functional groups attached to an aromatic ring is 1. The number of rotatable bonds is 2. The van der Waals surface area contributed by atoms with Crippen LogP contribution in [0.5, 0.6) is 0 Å². The van der Waals surface area contributed by atoms with Crippen LogP contribution in [0, 0.1) is 0 Å². The van der Waals surface area contributed by atoms with Gasteiger partial charge in [-0.05, 0) is 64.1 Å². The lowest BCUT2D eigenvalue weighted by molar-refractivity contribution is 0.714. The van der Waals surface area contributed by atoms with E-state index in [2.05, 4.69) is 91.9 Å². The van der Waals surface area contributed by atoms with Crippen molar-refractivity contribution in [2.75, 3.05) is 5.73 Å². The van der Waals surface area contributed by atoms with Crippen LogP contribution in [0.2, 0.25) is 0 Å². The van der Waals surface area contributed by atoms with Crippen LogP contribution in [-0.4, -0.2) is 0 Å². The summed E-state index contributed by atoms with van der Waals surface area (Å²) in [5.41, 5.74) is 15.7. The molecule has 4 aromatic rings. The van der Waals surface area contributed by atoms with Crippen LogP contribution in [0.3, 0.4) is 0 Å². The maximum absolute atomic E-state index is 5.86. The minimum atomic E-state index is -0.156. The van der Waals surface area contributed by atoms with E-state index in [4.69, 9.17) is 5.73 Å². The van der Waals surface area contributed by atoms with Crippen molar-refractivity contribution in [3.05, 3.63) is 114 Å². The number of fused-ring (bicyclic) bond motifs is 3. The number of anilines is 1. The predicted octanol–water partition coefficient (Wildman–Crippen LogP) is 6.27. The molecule has 0 heterocycles. The van der Waals surface area contributed by atoms with Crippen LogP contribution < -0.4 is 5.73 Å². The van der Waals surface area contributed by atoms with Gasteiger partial charge in [-0.25, -0.2) is 0 Å². The molecule has 0 fully saturated rings. The molecule has 0 amide bonds. The normalized spacial score (nSPS) is 13.8. The molecule has 0 atom stereocenters. The van der Waals surface area contributed by atoms with Crippen molar-refractivity contribution in [2.24, 2.45) is 0 Å². The summed E-state index contributed by atoms with van der Waals surface area (Å²) in [5, 5.41) is 0. The van der Waals surface area contributed by atoms with Gasteiger partial charge in [0.2, 0.25) is 0 Å². The van der Waals surface area contributed by atoms with E-state index in [-0.39, 0.29) is 5.41 Å². The van der Waals surface area contributed by atoms with Crippen molar-refractivity contribution in [2.45, 2.75) is 12.3 Å². The molecule has 5 rings (SSSR count). The van der Waals surface area contributed by atoms with Gasteiger partial charge in [0.15, 0.2) is 0 Å². The molecule has 0 bridgehead atoms. The smallest absolute Gasteiger partial charge is 0.0435 e. The van der Waals surface area contributed by atoms with Gasteiger partial charge in [0.25, 0.3) is 0 Å². The number of hydrogen-bond donors (Lipinski definition) is 1. The van der Waals surface area contributed by atoms with Crippen molar-refractivity contribution in [3.8, 4) is 22.3 Å². The highest BCUT2D eigenvalue weighted by Crippen LogP contribution is 2.52. The molecule has 2 N–H and O–H groups in total. The molecular weight excluding hydrogens is 326 g/mol. The molecule has 0 aromatic heterocycles. The van der Waals surface area contributed by atoms with Gasteiger partial charge in [0.1, 0.15) is 0 Å². The van der Waals surface area contributed by atoms with Crippen LogP contribution in [0.4, 0.5) is 5.69 Å². The van der Waals surface area contributed by atoms with Gasteiger partial charge >= 0.3 is 0 Å². The predicted molar refractivity (Wildman–Crippen MR) is 114 cm³/mol. The summed E-state index contributed by atoms with van der Waals surface area (Å²) in [4.78, 5) is 0. The Kier molecular flexibility index (Phi) is 3.45. The van der Waals surface area contributed by atoms with Crippen LogP contribution in [0.25, 0.3) is 22.3 Å². The number of hydrogen-bond acceptors (Lipinski definition) is 1. The molecule has 0 unspecified atom stereocenters. The molecule has 1 aliphatic carbocycles. The quantitative estimate of drug-likeness (QED) is 0.425. The molecular formula is C26H21N. The standard InChI is InChI=1S/C26H21N/c1-26(20-8-6-7-19(17-20)18-13-15-21(27)16-14-18)24-11-4-2-9-22(24)23-10-3-5-12-25(23)26/h2-17H,27H2,1H3. The summed E-state index contributed by atoms with van der Waals surface area (Å²) >= 11 is 0. The van der Waals surface area contributed by atoms with Crippen molar-refractivity contribution >= 4 is 5.69 Å². The average Bonchev–Trinajstić information content (AvgIpc) is 2.99. The van der Waals surface area contributed by atoms with E-state index in [9.17, 15) is 0 Å². The third-order valence-corrected chi connectivity index (χ3v) is 5.91. The van der Waals surface area contributed by atoms with Gasteiger partial charge in [-0.3, -0.25) is 0 Å². The van der Waals surface area contributed by atoms with Crippen LogP contribution in [0.1, 0.15) is 23.6 Å². The summed E-state index contributed by atoms with van der Waals surface area (Å²) in [6.45, 7) is 2.35. The van der Waals surface area contributed by atoms with E-state index >= 15 is 0 Å². The Bertz CT molecular complexity index is 1090. The van der Waals surface area contributed by atoms with Gasteiger partial charge in [-0.15, -0.1) is 0 Å². The maximum atomic E-state index is 5.86. The summed E-state index contributed by atoms with van der Waals surface area (Å²) < 4.78 is 0. The molecule has 0 spiro atoms. The average molecular weight is 347 g/mol. The zero-order valence-electron chi connectivity index (χ0n) is 15.3. The van der Waals surface area contributed by atoms with Crippen molar-refractivity contribution in [3.63, 3.8) is 0 Å². The van der Waals surface area contributed by atoms with Crippen molar-refractivity contribution in [1.82, 2.24) is 0 Å². The van der Waals surface area contributed by atoms with E-state index in [1.807, 2.05) is 12.1 Å². The van der Waals surface area contributed by atoms with E-state index < -0.39 is 0 Å². The molecule has 0 saturated heterocycles. The summed E-state index contributed by atoms with van der Waals surface area (Å²) in [5.74, 6) is 0. The highest BCUT2D eigenvalue weighted by atomic mass is 14.5. The van der Waals surface area contributed by atoms with Crippen molar-refractivity contribution < 1.29 is 0 Å². The fraction of sp³-hybridized carbons (Fsp3) is 0.0769. The Labute approximate surface area is 160 Å². The summed E-state index contributed by atoms with van der Waals surface area (Å²) in [6.07, 6.45) is 0. The molecule has 27 heavy (non-hydrogen) atoms. The third kappa shape index (κ3) is 2.32. The number of benzene rings is 4. The van der Waals surface area contributed by atoms with E-state index in [0.29, 0.717) is 0 Å². The minimum Gasteiger partial charge on any atom is -0.399 e. The van der Waals surface area contributed by atoms with E-state index in [1.165, 1.54) is 38.9 Å². The first-order valence-corrected chi connectivity index (χ1v) is 9.34. The second-order valence-electron chi connectivity index (χ2n) is 7.42. The second-order valence-corrected chi connectivity index (χ2v) is 7.42. The third-order valence-electron chi connectivity index (χ3n) is 5.91. The van der Waals surface area contributed by atoms with E-state index in [0.717, 1.165) is 5.69 Å². The fourth-order valence-electron chi connectivity index (χ4n) is 4.45. The van der Waals surface area contributed by atoms with Gasteiger partial charge < -0.3 is 5.73 Å². The molecule has 130 valence electrons. The second kappa shape index (κ2) is 5.85. The fourth-order valence-corrected chi connectivity index (χ4v) is 4.45. The lowest BCUT2D eigenvalue weighted by atomic mass is 9.74. The lowest BCUT2D eigenvalue weighted by Crippen LogP contribution is -2.22. The van der Waals surface area contributed by atoms with E-state index in [1.54, 1.807) is 0 Å². The van der Waals surface area contributed by atoms with Crippen LogP contribution in [0.15, 0.2) is 97.1 Å². The summed E-state index contributed by atoms with van der Waals surface area (Å²) in [6, 6.07) is 34.6. The molecule has 0 aliphatic heterocycles. The zero-order valence-corrected chi connectivity index (χ0v) is 15.3. The highest BCUT2D eigenvalue weighted by molar-refractivity contribution is 5.83. The first kappa shape index (κ1) is 15.9. The molecule has 4 aromatic carbocycles. The monoisotopic (exact) mass is 347 g/mol. The Morgan fingerprint density at radius 1 is 0.593 bits per heavy atom. The molecule has 0 radical (unpaired) electrons. The summed E-state index contributed by atoms with van der Waals surface area (Å²) in [7, 11) is 0. The molecule has 1 heteroatoms. The Hall–Kier alpha value is -3.32. The highest BCUT2D eigenvalue weighted by Gasteiger charge is 2.40. The Balaban J connectivity index is 1.73.